The number of phenolic OH excluding ortho intramolecular Hbond substituents is 1. The number of aromatic nitrogens is 1. The van der Waals surface area contributed by atoms with Gasteiger partial charge in [0.05, 0.1) is 12.2 Å². The first-order valence-corrected chi connectivity index (χ1v) is 10.8. The van der Waals surface area contributed by atoms with Crippen LogP contribution in [-0.4, -0.2) is 27.7 Å². The summed E-state index contributed by atoms with van der Waals surface area (Å²) < 4.78 is 11.3. The lowest BCUT2D eigenvalue weighted by molar-refractivity contribution is 0.0977. The van der Waals surface area contributed by atoms with E-state index in [4.69, 9.17) is 21.4 Å². The van der Waals surface area contributed by atoms with Gasteiger partial charge in [-0.1, -0.05) is 12.1 Å². The minimum absolute atomic E-state index is 0.0283. The van der Waals surface area contributed by atoms with E-state index >= 15 is 0 Å². The summed E-state index contributed by atoms with van der Waals surface area (Å²) in [6.07, 6.45) is 0. The maximum atomic E-state index is 12.5. The molecule has 0 atom stereocenters. The van der Waals surface area contributed by atoms with E-state index in [0.29, 0.717) is 40.6 Å². The average molecular weight is 462 g/mol. The van der Waals surface area contributed by atoms with Crippen LogP contribution in [-0.2, 0) is 0 Å². The zero-order valence-electron chi connectivity index (χ0n) is 18.4. The van der Waals surface area contributed by atoms with Crippen molar-refractivity contribution in [3.63, 3.8) is 0 Å². The molecule has 0 unspecified atom stereocenters. The highest BCUT2D eigenvalue weighted by molar-refractivity contribution is 7.80. The summed E-state index contributed by atoms with van der Waals surface area (Å²) in [7, 11) is 0. The van der Waals surface area contributed by atoms with E-state index in [0.717, 1.165) is 16.6 Å². The number of hydrogen-bond acceptors (Lipinski definition) is 6. The van der Waals surface area contributed by atoms with Crippen LogP contribution in [0.4, 0.5) is 5.69 Å². The second-order valence-corrected chi connectivity index (χ2v) is 7.96. The van der Waals surface area contributed by atoms with Crippen molar-refractivity contribution >= 4 is 40.0 Å². The Balaban J connectivity index is 1.47. The van der Waals surface area contributed by atoms with Crippen molar-refractivity contribution in [2.75, 3.05) is 11.9 Å². The third-order valence-corrected chi connectivity index (χ3v) is 5.14. The molecule has 0 saturated heterocycles. The molecular weight excluding hydrogens is 438 g/mol. The van der Waals surface area contributed by atoms with Crippen LogP contribution in [0, 0.1) is 13.8 Å². The van der Waals surface area contributed by atoms with Gasteiger partial charge in [-0.25, -0.2) is 4.98 Å². The molecule has 3 N–H and O–H groups in total. The zero-order valence-corrected chi connectivity index (χ0v) is 19.2. The average Bonchev–Trinajstić information content (AvgIpc) is 3.18. The number of hydrogen-bond donors (Lipinski definition) is 3. The Morgan fingerprint density at radius 1 is 1.15 bits per heavy atom. The molecule has 33 heavy (non-hydrogen) atoms. The van der Waals surface area contributed by atoms with Gasteiger partial charge >= 0.3 is 0 Å². The number of nitrogens with zero attached hydrogens (tertiary/aromatic N) is 1. The van der Waals surface area contributed by atoms with E-state index in [1.165, 1.54) is 6.07 Å². The Labute approximate surface area is 196 Å². The summed E-state index contributed by atoms with van der Waals surface area (Å²) in [5.41, 5.74) is 4.88. The largest absolute Gasteiger partial charge is 0.507 e. The summed E-state index contributed by atoms with van der Waals surface area (Å²) in [5, 5.41) is 16.2. The molecule has 0 bridgehead atoms. The molecule has 1 amide bonds. The summed E-state index contributed by atoms with van der Waals surface area (Å²) >= 11 is 5.25. The monoisotopic (exact) mass is 461 g/mol. The minimum Gasteiger partial charge on any atom is -0.507 e. The first-order valence-electron chi connectivity index (χ1n) is 10.4. The molecule has 168 valence electrons. The second kappa shape index (κ2) is 9.30. The number of fused-ring (bicyclic) bond motifs is 1. The van der Waals surface area contributed by atoms with Gasteiger partial charge in [0, 0.05) is 17.3 Å². The lowest BCUT2D eigenvalue weighted by Gasteiger charge is -2.11. The van der Waals surface area contributed by atoms with E-state index in [1.54, 1.807) is 36.4 Å². The van der Waals surface area contributed by atoms with Crippen LogP contribution in [0.1, 0.15) is 28.4 Å². The van der Waals surface area contributed by atoms with Gasteiger partial charge in [-0.05, 0) is 80.5 Å². The SMILES string of the molecule is CCOc1cccc(C(=O)NC(=S)Nc2ccc(-c3nc4cc(C)cc(C)c4o3)c(O)c2)c1. The van der Waals surface area contributed by atoms with Gasteiger partial charge in [-0.2, -0.15) is 0 Å². The molecule has 4 aromatic rings. The number of ether oxygens (including phenoxy) is 1. The van der Waals surface area contributed by atoms with Crippen LogP contribution in [0.2, 0.25) is 0 Å². The smallest absolute Gasteiger partial charge is 0.257 e. The molecule has 0 radical (unpaired) electrons. The molecule has 7 nitrogen and oxygen atoms in total. The van der Waals surface area contributed by atoms with Crippen molar-refractivity contribution in [3.8, 4) is 23.0 Å². The summed E-state index contributed by atoms with van der Waals surface area (Å²) in [4.78, 5) is 17.0. The summed E-state index contributed by atoms with van der Waals surface area (Å²) in [6, 6.07) is 15.7. The number of amides is 1. The topological polar surface area (TPSA) is 96.6 Å². The van der Waals surface area contributed by atoms with E-state index in [-0.39, 0.29) is 16.8 Å². The lowest BCUT2D eigenvalue weighted by Crippen LogP contribution is -2.34. The lowest BCUT2D eigenvalue weighted by atomic mass is 10.1. The minimum atomic E-state index is -0.368. The maximum Gasteiger partial charge on any atom is 0.257 e. The highest BCUT2D eigenvalue weighted by Crippen LogP contribution is 2.34. The molecule has 4 rings (SSSR count). The first kappa shape index (κ1) is 22.3. The van der Waals surface area contributed by atoms with Crippen molar-refractivity contribution in [1.82, 2.24) is 10.3 Å². The van der Waals surface area contributed by atoms with Crippen LogP contribution in [0.15, 0.2) is 59.0 Å². The molecule has 8 heteroatoms. The zero-order chi connectivity index (χ0) is 23.5. The van der Waals surface area contributed by atoms with Gasteiger partial charge in [-0.3, -0.25) is 10.1 Å². The number of benzene rings is 3. The summed E-state index contributed by atoms with van der Waals surface area (Å²) in [5.74, 6) is 0.536. The fourth-order valence-corrected chi connectivity index (χ4v) is 3.72. The normalized spacial score (nSPS) is 10.8. The number of carbonyl (C=O) groups is 1. The van der Waals surface area contributed by atoms with Crippen LogP contribution in [0.5, 0.6) is 11.5 Å². The number of rotatable bonds is 5. The highest BCUT2D eigenvalue weighted by Gasteiger charge is 2.15. The number of phenols is 1. The Morgan fingerprint density at radius 3 is 2.73 bits per heavy atom. The molecule has 0 aliphatic rings. The predicted octanol–water partition coefficient (Wildman–Crippen LogP) is 5.34. The predicted molar refractivity (Wildman–Crippen MR) is 132 cm³/mol. The second-order valence-electron chi connectivity index (χ2n) is 7.55. The van der Waals surface area contributed by atoms with E-state index in [9.17, 15) is 9.90 Å². The van der Waals surface area contributed by atoms with Crippen molar-refractivity contribution in [2.45, 2.75) is 20.8 Å². The number of thiocarbonyl (C=S) groups is 1. The third kappa shape index (κ3) is 4.96. The third-order valence-electron chi connectivity index (χ3n) is 4.94. The van der Waals surface area contributed by atoms with Gasteiger partial charge in [0.1, 0.15) is 17.0 Å². The standard InChI is InChI=1S/C25H23N3O4S/c1-4-31-18-7-5-6-16(12-18)23(30)28-25(33)26-17-8-9-19(21(29)13-17)24-27-20-11-14(2)10-15(3)22(20)32-24/h5-13,29H,4H2,1-3H3,(H2,26,28,30,33). The number of oxazole rings is 1. The molecule has 3 aromatic carbocycles. The fourth-order valence-electron chi connectivity index (χ4n) is 3.51. The molecule has 0 aliphatic heterocycles. The molecule has 0 aliphatic carbocycles. The Morgan fingerprint density at radius 2 is 1.97 bits per heavy atom. The van der Waals surface area contributed by atoms with E-state index in [2.05, 4.69) is 15.6 Å². The Hall–Kier alpha value is -3.91. The number of carbonyl (C=O) groups excluding carboxylic acids is 1. The number of aryl methyl sites for hydroxylation is 2. The quantitative estimate of drug-likeness (QED) is 0.345. The van der Waals surface area contributed by atoms with Crippen molar-refractivity contribution in [3.05, 3.63) is 71.3 Å². The number of nitrogens with one attached hydrogen (secondary N) is 2. The summed E-state index contributed by atoms with van der Waals surface area (Å²) in [6.45, 7) is 6.33. The number of anilines is 1. The van der Waals surface area contributed by atoms with Crippen molar-refractivity contribution in [1.29, 1.82) is 0 Å². The molecule has 1 heterocycles. The van der Waals surface area contributed by atoms with Crippen molar-refractivity contribution < 1.29 is 19.1 Å². The molecular formula is C25H23N3O4S. The van der Waals surface area contributed by atoms with Crippen LogP contribution >= 0.6 is 12.2 Å². The highest BCUT2D eigenvalue weighted by atomic mass is 32.1. The van der Waals surface area contributed by atoms with Crippen LogP contribution in [0.25, 0.3) is 22.6 Å². The van der Waals surface area contributed by atoms with Gasteiger partial charge < -0.3 is 19.6 Å². The van der Waals surface area contributed by atoms with Gasteiger partial charge in [-0.15, -0.1) is 0 Å². The van der Waals surface area contributed by atoms with E-state index in [1.807, 2.05) is 32.9 Å². The van der Waals surface area contributed by atoms with Gasteiger partial charge in [0.25, 0.3) is 5.91 Å². The Bertz CT molecular complexity index is 1360. The van der Waals surface area contributed by atoms with Gasteiger partial charge in [0.2, 0.25) is 5.89 Å². The molecule has 0 spiro atoms. The van der Waals surface area contributed by atoms with Gasteiger partial charge in [0.15, 0.2) is 10.7 Å². The van der Waals surface area contributed by atoms with E-state index < -0.39 is 0 Å². The van der Waals surface area contributed by atoms with Crippen LogP contribution in [0.3, 0.4) is 0 Å². The van der Waals surface area contributed by atoms with Crippen LogP contribution < -0.4 is 15.4 Å². The molecule has 0 fully saturated rings. The molecule has 1 aromatic heterocycles. The fraction of sp³-hybridized carbons (Fsp3) is 0.160. The number of aromatic hydroxyl groups is 1. The maximum absolute atomic E-state index is 12.5. The first-order chi connectivity index (χ1) is 15.8. The van der Waals surface area contributed by atoms with Crippen molar-refractivity contribution in [2.24, 2.45) is 0 Å². The Kier molecular flexibility index (Phi) is 6.28. The molecule has 0 saturated carbocycles.